The Balaban J connectivity index is 0.000000204. The lowest BCUT2D eigenvalue weighted by atomic mass is 9.69. The molecule has 2 saturated heterocycles. The van der Waals surface area contributed by atoms with E-state index >= 15 is 0 Å². The Morgan fingerprint density at radius 2 is 0.815 bits per heavy atom. The van der Waals surface area contributed by atoms with Gasteiger partial charge in [0.1, 0.15) is 0 Å². The van der Waals surface area contributed by atoms with Crippen LogP contribution in [-0.2, 0) is 0 Å². The molecule has 0 unspecified atom stereocenters. The topological polar surface area (TPSA) is 6.48 Å². The Hall–Kier alpha value is -0.0800. The molecule has 3 fully saturated rings. The van der Waals surface area contributed by atoms with Crippen molar-refractivity contribution in [3.63, 3.8) is 0 Å². The molecule has 0 spiro atoms. The van der Waals surface area contributed by atoms with Crippen LogP contribution in [-0.4, -0.2) is 47.1 Å². The molecule has 3 aliphatic rings. The van der Waals surface area contributed by atoms with Crippen molar-refractivity contribution >= 4 is 0 Å². The van der Waals surface area contributed by atoms with Crippen LogP contribution in [0.3, 0.4) is 0 Å². The molecule has 0 aromatic rings. The maximum absolute atomic E-state index is 2.58. The van der Waals surface area contributed by atoms with E-state index in [-0.39, 0.29) is 0 Å². The molecule has 0 aromatic heterocycles. The summed E-state index contributed by atoms with van der Waals surface area (Å²) in [5, 5.41) is 0. The van der Waals surface area contributed by atoms with E-state index in [2.05, 4.69) is 72.1 Å². The zero-order valence-corrected chi connectivity index (χ0v) is 20.5. The second kappa shape index (κ2) is 10.6. The van der Waals surface area contributed by atoms with Gasteiger partial charge in [0.15, 0.2) is 0 Å². The Morgan fingerprint density at radius 1 is 0.481 bits per heavy atom. The standard InChI is InChI=1S/C9H19N.C8H17N.C8H16/c1-9(2,3)10-7-5-4-6-8-10;1-8(2,3)9-6-4-5-7-9;1-8(2,3)7-5-4-6-7/h4-8H2,1-3H3;4-7H2,1-3H3;7H,4-6H2,1-3H3. The van der Waals surface area contributed by atoms with E-state index in [0.717, 1.165) is 5.92 Å². The van der Waals surface area contributed by atoms with Gasteiger partial charge in [-0.3, -0.25) is 9.80 Å². The molecule has 1 aliphatic carbocycles. The Bertz CT molecular complexity index is 378. The van der Waals surface area contributed by atoms with Crippen LogP contribution in [0, 0.1) is 11.3 Å². The lowest BCUT2D eigenvalue weighted by Crippen LogP contribution is -2.44. The molecule has 0 amide bonds. The average molecular weight is 381 g/mol. The second-order valence-electron chi connectivity index (χ2n) is 12.1. The molecular formula is C25H52N2. The van der Waals surface area contributed by atoms with Crippen molar-refractivity contribution in [3.8, 4) is 0 Å². The third-order valence-corrected chi connectivity index (χ3v) is 6.69. The van der Waals surface area contributed by atoms with Crippen LogP contribution < -0.4 is 0 Å². The summed E-state index contributed by atoms with van der Waals surface area (Å²) < 4.78 is 0. The normalized spacial score (nSPS) is 23.0. The summed E-state index contributed by atoms with van der Waals surface area (Å²) >= 11 is 0. The zero-order chi connectivity index (χ0) is 20.7. The van der Waals surface area contributed by atoms with Crippen LogP contribution in [0.15, 0.2) is 0 Å². The van der Waals surface area contributed by atoms with Crippen molar-refractivity contribution in [3.05, 3.63) is 0 Å². The van der Waals surface area contributed by atoms with Gasteiger partial charge in [0, 0.05) is 11.1 Å². The highest BCUT2D eigenvalue weighted by atomic mass is 15.2. The molecule has 2 nitrogen and oxygen atoms in total. The van der Waals surface area contributed by atoms with E-state index in [1.165, 1.54) is 77.5 Å². The largest absolute Gasteiger partial charge is 0.298 e. The zero-order valence-electron chi connectivity index (χ0n) is 20.5. The summed E-state index contributed by atoms with van der Waals surface area (Å²) in [7, 11) is 0. The van der Waals surface area contributed by atoms with Gasteiger partial charge in [-0.1, -0.05) is 33.6 Å². The van der Waals surface area contributed by atoms with Gasteiger partial charge in [0.05, 0.1) is 0 Å². The molecule has 2 heteroatoms. The SMILES string of the molecule is CC(C)(C)C1CCC1.CC(C)(C)N1CCCC1.CC(C)(C)N1CCCCC1. The first-order valence-electron chi connectivity index (χ1n) is 11.8. The van der Waals surface area contributed by atoms with Gasteiger partial charge in [-0.2, -0.15) is 0 Å². The number of likely N-dealkylation sites (tertiary alicyclic amines) is 2. The van der Waals surface area contributed by atoms with Crippen molar-refractivity contribution in [2.45, 2.75) is 125 Å². The minimum Gasteiger partial charge on any atom is -0.298 e. The van der Waals surface area contributed by atoms with Crippen molar-refractivity contribution in [2.24, 2.45) is 11.3 Å². The van der Waals surface area contributed by atoms with Gasteiger partial charge in [0.25, 0.3) is 0 Å². The molecule has 0 atom stereocenters. The lowest BCUT2D eigenvalue weighted by molar-refractivity contribution is 0.111. The Kier molecular flexibility index (Phi) is 9.82. The van der Waals surface area contributed by atoms with Crippen molar-refractivity contribution in [1.82, 2.24) is 9.80 Å². The van der Waals surface area contributed by atoms with Crippen LogP contribution in [0.2, 0.25) is 0 Å². The molecule has 162 valence electrons. The van der Waals surface area contributed by atoms with Crippen LogP contribution in [0.1, 0.15) is 114 Å². The van der Waals surface area contributed by atoms with E-state index in [1.54, 1.807) is 0 Å². The summed E-state index contributed by atoms with van der Waals surface area (Å²) in [5.74, 6) is 1.03. The number of piperidine rings is 1. The summed E-state index contributed by atoms with van der Waals surface area (Å²) in [6.07, 6.45) is 11.5. The maximum atomic E-state index is 2.58. The number of hydrogen-bond acceptors (Lipinski definition) is 2. The van der Waals surface area contributed by atoms with Crippen LogP contribution in [0.5, 0.6) is 0 Å². The summed E-state index contributed by atoms with van der Waals surface area (Å²) in [5.41, 5.74) is 1.41. The summed E-state index contributed by atoms with van der Waals surface area (Å²) in [6.45, 7) is 26.0. The van der Waals surface area contributed by atoms with Crippen LogP contribution in [0.4, 0.5) is 0 Å². The molecule has 0 bridgehead atoms. The van der Waals surface area contributed by atoms with Crippen LogP contribution in [0.25, 0.3) is 0 Å². The van der Waals surface area contributed by atoms with Gasteiger partial charge >= 0.3 is 0 Å². The number of hydrogen-bond donors (Lipinski definition) is 0. The molecule has 2 heterocycles. The Morgan fingerprint density at radius 3 is 0.963 bits per heavy atom. The first kappa shape index (κ1) is 25.0. The molecule has 1 saturated carbocycles. The van der Waals surface area contributed by atoms with Crippen molar-refractivity contribution in [2.75, 3.05) is 26.2 Å². The first-order chi connectivity index (χ1) is 12.3. The molecule has 0 radical (unpaired) electrons. The monoisotopic (exact) mass is 380 g/mol. The third-order valence-electron chi connectivity index (χ3n) is 6.69. The fourth-order valence-electron chi connectivity index (χ4n) is 4.23. The van der Waals surface area contributed by atoms with Gasteiger partial charge in [0.2, 0.25) is 0 Å². The summed E-state index contributed by atoms with van der Waals surface area (Å²) in [4.78, 5) is 5.13. The fraction of sp³-hybridized carbons (Fsp3) is 1.00. The van der Waals surface area contributed by atoms with E-state index < -0.39 is 0 Å². The van der Waals surface area contributed by atoms with Crippen LogP contribution >= 0.6 is 0 Å². The molecule has 3 rings (SSSR count). The number of nitrogens with zero attached hydrogens (tertiary/aromatic N) is 2. The molecular weight excluding hydrogens is 328 g/mol. The predicted molar refractivity (Wildman–Crippen MR) is 123 cm³/mol. The maximum Gasteiger partial charge on any atom is 0.0125 e. The third kappa shape index (κ3) is 9.79. The van der Waals surface area contributed by atoms with Gasteiger partial charge in [-0.15, -0.1) is 0 Å². The van der Waals surface area contributed by atoms with Gasteiger partial charge < -0.3 is 0 Å². The van der Waals surface area contributed by atoms with Crippen molar-refractivity contribution in [1.29, 1.82) is 0 Å². The van der Waals surface area contributed by atoms with Gasteiger partial charge in [-0.25, -0.2) is 0 Å². The fourth-order valence-corrected chi connectivity index (χ4v) is 4.23. The van der Waals surface area contributed by atoms with E-state index in [1.807, 2.05) is 0 Å². The summed E-state index contributed by atoms with van der Waals surface area (Å²) in [6, 6.07) is 0. The van der Waals surface area contributed by atoms with Crippen molar-refractivity contribution < 1.29 is 0 Å². The quantitative estimate of drug-likeness (QED) is 0.447. The predicted octanol–water partition coefficient (Wildman–Crippen LogP) is 6.98. The highest BCUT2D eigenvalue weighted by Crippen LogP contribution is 2.40. The van der Waals surface area contributed by atoms with E-state index in [4.69, 9.17) is 0 Å². The molecule has 0 aromatic carbocycles. The molecule has 27 heavy (non-hydrogen) atoms. The number of rotatable bonds is 0. The smallest absolute Gasteiger partial charge is 0.0125 e. The van der Waals surface area contributed by atoms with Gasteiger partial charge in [-0.05, 0) is 118 Å². The first-order valence-corrected chi connectivity index (χ1v) is 11.8. The lowest BCUT2D eigenvalue weighted by Gasteiger charge is -2.38. The van der Waals surface area contributed by atoms with E-state index in [0.29, 0.717) is 16.5 Å². The second-order valence-corrected chi connectivity index (χ2v) is 12.1. The minimum absolute atomic E-state index is 0.403. The Labute approximate surface area is 172 Å². The van der Waals surface area contributed by atoms with E-state index in [9.17, 15) is 0 Å². The molecule has 0 N–H and O–H groups in total. The average Bonchev–Trinajstić information content (AvgIpc) is 2.99. The highest BCUT2D eigenvalue weighted by Gasteiger charge is 2.29. The minimum atomic E-state index is 0.403. The highest BCUT2D eigenvalue weighted by molar-refractivity contribution is 4.81. The molecule has 2 aliphatic heterocycles.